The number of halogens is 1. The van der Waals surface area contributed by atoms with Crippen LogP contribution in [0.15, 0.2) is 146 Å². The number of hydrogen-bond acceptors (Lipinski definition) is 1. The van der Waals surface area contributed by atoms with Gasteiger partial charge in [0.15, 0.2) is 14.7 Å². The summed E-state index contributed by atoms with van der Waals surface area (Å²) in [4.78, 5) is 6.54. The Morgan fingerprint density at radius 3 is 1.57 bits per heavy atom. The Labute approximate surface area is 229 Å². The van der Waals surface area contributed by atoms with Gasteiger partial charge in [-0.3, -0.25) is 0 Å². The van der Waals surface area contributed by atoms with Gasteiger partial charge in [0.25, 0.3) is 0 Å². The van der Waals surface area contributed by atoms with E-state index in [1.165, 1.54) is 50.3 Å². The van der Waals surface area contributed by atoms with E-state index in [-0.39, 0.29) is 10.9 Å². The molecule has 0 fully saturated rings. The van der Waals surface area contributed by atoms with Crippen molar-refractivity contribution in [1.29, 1.82) is 0 Å². The van der Waals surface area contributed by atoms with Gasteiger partial charge in [-0.2, -0.15) is 0 Å². The Bertz CT molecular complexity index is 1370. The van der Waals surface area contributed by atoms with Crippen molar-refractivity contribution in [3.8, 4) is 11.1 Å². The quantitative estimate of drug-likeness (QED) is 0.138. The molecule has 0 saturated heterocycles. The second kappa shape index (κ2) is 11.1. The molecule has 5 aromatic rings. The molecule has 0 aromatic heterocycles. The molecular weight excluding hydrogens is 575 g/mol. The minimum atomic E-state index is -0.110. The van der Waals surface area contributed by atoms with E-state index >= 15 is 0 Å². The van der Waals surface area contributed by atoms with Crippen LogP contribution in [0.3, 0.4) is 0 Å². The van der Waals surface area contributed by atoms with Gasteiger partial charge in [0.2, 0.25) is 0 Å². The molecule has 0 unspecified atom stereocenters. The van der Waals surface area contributed by atoms with Crippen molar-refractivity contribution >= 4 is 45.2 Å². The van der Waals surface area contributed by atoms with Crippen LogP contribution in [-0.4, -0.2) is 0 Å². The highest BCUT2D eigenvalue weighted by atomic mass is 127. The predicted molar refractivity (Wildman–Crippen MR) is 160 cm³/mol. The van der Waals surface area contributed by atoms with Crippen LogP contribution in [0.2, 0.25) is 0 Å². The van der Waals surface area contributed by atoms with E-state index in [4.69, 9.17) is 0 Å². The Kier molecular flexibility index (Phi) is 7.66. The van der Waals surface area contributed by atoms with E-state index in [9.17, 15) is 0 Å². The summed E-state index contributed by atoms with van der Waals surface area (Å²) in [6, 6.07) is 44.1. The van der Waals surface area contributed by atoms with Crippen LogP contribution in [0.4, 0.5) is 0 Å². The highest BCUT2D eigenvalue weighted by Crippen LogP contribution is 2.36. The fourth-order valence-corrected chi connectivity index (χ4v) is 7.61. The monoisotopic (exact) mass is 601 g/mol. The zero-order valence-corrected chi connectivity index (χ0v) is 23.5. The van der Waals surface area contributed by atoms with Crippen LogP contribution in [0.25, 0.3) is 11.1 Å². The molecule has 5 rings (SSSR count). The molecule has 0 bridgehead atoms. The van der Waals surface area contributed by atoms with Crippen LogP contribution in [0, 0.1) is 17.4 Å². The van der Waals surface area contributed by atoms with Crippen molar-refractivity contribution in [2.45, 2.75) is 38.3 Å². The zero-order chi connectivity index (χ0) is 24.2. The topological polar surface area (TPSA) is 0 Å². The highest BCUT2D eigenvalue weighted by molar-refractivity contribution is 14.1. The average molecular weight is 602 g/mol. The van der Waals surface area contributed by atoms with E-state index in [0.29, 0.717) is 0 Å². The third kappa shape index (κ3) is 5.53. The Hall–Kier alpha value is -2.47. The lowest BCUT2D eigenvalue weighted by atomic mass is 9.96. The summed E-state index contributed by atoms with van der Waals surface area (Å²) in [5, 5.41) is 0. The Morgan fingerprint density at radius 2 is 1.03 bits per heavy atom. The smallest absolute Gasteiger partial charge is 0.0901 e. The van der Waals surface area contributed by atoms with Gasteiger partial charge in [-0.05, 0) is 125 Å². The number of aryl methyl sites for hydroxylation is 1. The molecule has 3 heteroatoms. The van der Waals surface area contributed by atoms with E-state index in [2.05, 4.69) is 158 Å². The van der Waals surface area contributed by atoms with E-state index < -0.39 is 0 Å². The maximum Gasteiger partial charge on any atom is 0.166 e. The second-order valence-electron chi connectivity index (χ2n) is 8.39. The molecule has 0 heterocycles. The molecule has 0 radical (unpaired) electrons. The standard InChI is InChI=1S/C32H26IS2/c1-23-13-22-31(33)24(2)32(23)25-14-16-26(17-15-25)34-27-18-20-30(21-19-27)35(28-9-5-3-6-10-28)29-11-7-4-8-12-29/h3-22H,1-2H3/q+1. The third-order valence-corrected chi connectivity index (χ3v) is 10.4. The molecule has 0 aliphatic rings. The number of rotatable bonds is 6. The third-order valence-electron chi connectivity index (χ3n) is 6.00. The molecule has 0 aliphatic carbocycles. The zero-order valence-electron chi connectivity index (χ0n) is 19.7. The lowest BCUT2D eigenvalue weighted by Crippen LogP contribution is -2.04. The Balaban J connectivity index is 1.38. The molecule has 0 amide bonds. The fourth-order valence-electron chi connectivity index (χ4n) is 4.26. The van der Waals surface area contributed by atoms with Gasteiger partial charge in [-0.25, -0.2) is 0 Å². The van der Waals surface area contributed by atoms with Crippen LogP contribution in [0.1, 0.15) is 11.1 Å². The van der Waals surface area contributed by atoms with Gasteiger partial charge in [0.05, 0.1) is 10.9 Å². The molecule has 5 aromatic carbocycles. The summed E-state index contributed by atoms with van der Waals surface area (Å²) in [6.45, 7) is 4.41. The molecule has 35 heavy (non-hydrogen) atoms. The molecule has 0 spiro atoms. The lowest BCUT2D eigenvalue weighted by molar-refractivity contribution is 1.28. The predicted octanol–water partition coefficient (Wildman–Crippen LogP) is 9.82. The van der Waals surface area contributed by atoms with Gasteiger partial charge in [0.1, 0.15) is 0 Å². The summed E-state index contributed by atoms with van der Waals surface area (Å²) in [6.07, 6.45) is 0. The van der Waals surface area contributed by atoms with Gasteiger partial charge in [-0.15, -0.1) is 0 Å². The van der Waals surface area contributed by atoms with Crippen LogP contribution >= 0.6 is 34.4 Å². The number of benzene rings is 5. The fraction of sp³-hybridized carbons (Fsp3) is 0.0625. The van der Waals surface area contributed by atoms with Crippen molar-refractivity contribution in [2.24, 2.45) is 0 Å². The summed E-state index contributed by atoms with van der Waals surface area (Å²) in [7, 11) is -0.110. The molecule has 0 nitrogen and oxygen atoms in total. The van der Waals surface area contributed by atoms with Crippen LogP contribution < -0.4 is 0 Å². The van der Waals surface area contributed by atoms with Crippen LogP contribution in [-0.2, 0) is 10.9 Å². The maximum atomic E-state index is 2.43. The SMILES string of the molecule is Cc1ccc(I)c(C)c1-c1ccc(Sc2ccc([S+](c3ccccc3)c3ccccc3)cc2)cc1. The maximum absolute atomic E-state index is 2.43. The molecule has 0 saturated carbocycles. The first-order valence-corrected chi connectivity index (χ1v) is 14.7. The summed E-state index contributed by atoms with van der Waals surface area (Å²) >= 11 is 4.24. The van der Waals surface area contributed by atoms with E-state index in [0.717, 1.165) is 0 Å². The van der Waals surface area contributed by atoms with Crippen molar-refractivity contribution in [3.63, 3.8) is 0 Å². The number of hydrogen-bond donors (Lipinski definition) is 0. The van der Waals surface area contributed by atoms with Gasteiger partial charge in [-0.1, -0.05) is 66.4 Å². The first-order valence-electron chi connectivity index (χ1n) is 11.6. The Morgan fingerprint density at radius 1 is 0.543 bits per heavy atom. The molecule has 0 N–H and O–H groups in total. The van der Waals surface area contributed by atoms with Crippen molar-refractivity contribution in [2.75, 3.05) is 0 Å². The normalized spacial score (nSPS) is 11.1. The molecular formula is C32H26IS2+. The van der Waals surface area contributed by atoms with Gasteiger partial charge in [0, 0.05) is 13.4 Å². The van der Waals surface area contributed by atoms with Crippen molar-refractivity contribution < 1.29 is 0 Å². The van der Waals surface area contributed by atoms with Crippen LogP contribution in [0.5, 0.6) is 0 Å². The highest BCUT2D eigenvalue weighted by Gasteiger charge is 2.28. The van der Waals surface area contributed by atoms with Gasteiger partial charge >= 0.3 is 0 Å². The summed E-state index contributed by atoms with van der Waals surface area (Å²) in [5.74, 6) is 0. The van der Waals surface area contributed by atoms with Crippen molar-refractivity contribution in [3.05, 3.63) is 136 Å². The lowest BCUT2D eigenvalue weighted by Gasteiger charge is -2.12. The minimum Gasteiger partial charge on any atom is -0.0901 e. The second-order valence-corrected chi connectivity index (χ2v) is 12.7. The minimum absolute atomic E-state index is 0.110. The first-order chi connectivity index (χ1) is 17.1. The first kappa shape index (κ1) is 24.2. The van der Waals surface area contributed by atoms with E-state index in [1.807, 2.05) is 11.8 Å². The molecule has 0 aliphatic heterocycles. The van der Waals surface area contributed by atoms with Crippen molar-refractivity contribution in [1.82, 2.24) is 0 Å². The summed E-state index contributed by atoms with van der Waals surface area (Å²) in [5.41, 5.74) is 5.32. The summed E-state index contributed by atoms with van der Waals surface area (Å²) < 4.78 is 1.31. The van der Waals surface area contributed by atoms with Gasteiger partial charge < -0.3 is 0 Å². The molecule has 172 valence electrons. The molecule has 0 atom stereocenters. The average Bonchev–Trinajstić information content (AvgIpc) is 2.90. The van der Waals surface area contributed by atoms with E-state index in [1.54, 1.807) is 0 Å². The largest absolute Gasteiger partial charge is 0.166 e.